The second-order valence-electron chi connectivity index (χ2n) is 8.90. The van der Waals surface area contributed by atoms with Crippen molar-refractivity contribution in [2.24, 2.45) is 5.92 Å². The molecule has 0 saturated carbocycles. The van der Waals surface area contributed by atoms with Gasteiger partial charge in [0, 0.05) is 0 Å². The summed E-state index contributed by atoms with van der Waals surface area (Å²) in [5.41, 5.74) is 5.84. The van der Waals surface area contributed by atoms with Crippen LogP contribution in [0, 0.1) is 5.92 Å². The lowest BCUT2D eigenvalue weighted by Crippen LogP contribution is -2.51. The van der Waals surface area contributed by atoms with Gasteiger partial charge in [-0.05, 0) is 28.2 Å². The van der Waals surface area contributed by atoms with E-state index in [0.29, 0.717) is 5.82 Å². The molecule has 0 bridgehead atoms. The van der Waals surface area contributed by atoms with Crippen LogP contribution in [-0.2, 0) is 9.53 Å². The number of rotatable bonds is 9. The Morgan fingerprint density at radius 3 is 2.03 bits per heavy atom. The quantitative estimate of drug-likeness (QED) is 0.236. The fourth-order valence-corrected chi connectivity index (χ4v) is 3.94. The lowest BCUT2D eigenvalue weighted by atomic mass is 10.0. The summed E-state index contributed by atoms with van der Waals surface area (Å²) in [6.07, 6.45) is 4.40. The summed E-state index contributed by atoms with van der Waals surface area (Å²) in [7, 11) is 1.23. The van der Waals surface area contributed by atoms with E-state index in [1.807, 2.05) is 36.4 Å². The van der Waals surface area contributed by atoms with Crippen LogP contribution in [0.2, 0.25) is 0 Å². The highest BCUT2D eigenvalue weighted by atomic mass is 16.5. The molecule has 4 rings (SSSR count). The van der Waals surface area contributed by atoms with Gasteiger partial charge in [-0.1, -0.05) is 62.4 Å². The Hall–Kier alpha value is -4.44. The number of hydrogen-bond acceptors (Lipinski definition) is 6. The van der Waals surface area contributed by atoms with Crippen LogP contribution in [-0.4, -0.2) is 56.8 Å². The number of aromatic amines is 2. The molecule has 192 valence electrons. The summed E-state index contributed by atoms with van der Waals surface area (Å²) in [5.74, 6) is -0.226. The molecule has 2 amide bonds. The van der Waals surface area contributed by atoms with Gasteiger partial charge in [-0.3, -0.25) is 4.79 Å². The largest absolute Gasteiger partial charge is 0.453 e. The first-order chi connectivity index (χ1) is 17.9. The van der Waals surface area contributed by atoms with Gasteiger partial charge in [0.1, 0.15) is 17.9 Å². The number of amides is 2. The molecule has 0 saturated heterocycles. The Morgan fingerprint density at radius 2 is 1.51 bits per heavy atom. The van der Waals surface area contributed by atoms with Crippen LogP contribution in [0.25, 0.3) is 33.6 Å². The van der Waals surface area contributed by atoms with Crippen LogP contribution in [0.5, 0.6) is 0 Å². The van der Waals surface area contributed by atoms with Gasteiger partial charge in [-0.15, -0.1) is 0 Å². The number of aliphatic hydroxyl groups is 1. The van der Waals surface area contributed by atoms with E-state index in [-0.39, 0.29) is 12.5 Å². The average Bonchev–Trinajstić information content (AvgIpc) is 3.63. The molecule has 4 aromatic rings. The smallest absolute Gasteiger partial charge is 0.407 e. The van der Waals surface area contributed by atoms with Crippen LogP contribution in [0.1, 0.15) is 25.7 Å². The number of ether oxygens (including phenoxy) is 1. The third kappa shape index (κ3) is 6.04. The van der Waals surface area contributed by atoms with Crippen molar-refractivity contribution < 1.29 is 19.4 Å². The first-order valence-electron chi connectivity index (χ1n) is 11.9. The Balaban J connectivity index is 1.45. The van der Waals surface area contributed by atoms with Crippen molar-refractivity contribution in [1.29, 1.82) is 0 Å². The van der Waals surface area contributed by atoms with Crippen molar-refractivity contribution in [3.8, 4) is 33.6 Å². The van der Waals surface area contributed by atoms with E-state index >= 15 is 0 Å². The summed E-state index contributed by atoms with van der Waals surface area (Å²) in [4.78, 5) is 39.1. The molecule has 2 unspecified atom stereocenters. The Labute approximate surface area is 214 Å². The van der Waals surface area contributed by atoms with Crippen molar-refractivity contribution in [3.05, 3.63) is 73.1 Å². The highest BCUT2D eigenvalue weighted by Crippen LogP contribution is 2.27. The van der Waals surface area contributed by atoms with Gasteiger partial charge in [-0.2, -0.15) is 0 Å². The summed E-state index contributed by atoms with van der Waals surface area (Å²) in [6, 6.07) is 14.6. The highest BCUT2D eigenvalue weighted by Gasteiger charge is 2.27. The number of carbonyl (C=O) groups is 2. The summed E-state index contributed by atoms with van der Waals surface area (Å²) in [5, 5.41) is 15.2. The topological polar surface area (TPSA) is 145 Å². The number of aliphatic hydroxyl groups excluding tert-OH is 1. The fourth-order valence-electron chi connectivity index (χ4n) is 3.94. The van der Waals surface area contributed by atoms with E-state index in [1.54, 1.807) is 32.6 Å². The van der Waals surface area contributed by atoms with Gasteiger partial charge in [0.2, 0.25) is 5.91 Å². The number of nitrogens with one attached hydrogen (secondary N) is 4. The molecule has 0 radical (unpaired) electrons. The molecular formula is C27H30N6O4. The summed E-state index contributed by atoms with van der Waals surface area (Å²) < 4.78 is 4.60. The van der Waals surface area contributed by atoms with Crippen molar-refractivity contribution >= 4 is 12.0 Å². The molecule has 0 aliphatic heterocycles. The lowest BCUT2D eigenvalue weighted by molar-refractivity contribution is -0.125. The zero-order chi connectivity index (χ0) is 26.4. The van der Waals surface area contributed by atoms with Gasteiger partial charge in [0.05, 0.1) is 43.8 Å². The Morgan fingerprint density at radius 1 is 0.919 bits per heavy atom. The molecule has 0 aliphatic carbocycles. The van der Waals surface area contributed by atoms with E-state index in [9.17, 15) is 14.7 Å². The van der Waals surface area contributed by atoms with Gasteiger partial charge < -0.3 is 30.4 Å². The fraction of sp³-hybridized carbons (Fsp3) is 0.259. The second kappa shape index (κ2) is 11.5. The molecule has 10 nitrogen and oxygen atoms in total. The number of nitrogens with zero attached hydrogens (tertiary/aromatic N) is 2. The van der Waals surface area contributed by atoms with Crippen LogP contribution in [0.4, 0.5) is 4.79 Å². The van der Waals surface area contributed by atoms with Crippen molar-refractivity contribution in [1.82, 2.24) is 30.6 Å². The van der Waals surface area contributed by atoms with E-state index in [0.717, 1.165) is 33.6 Å². The minimum absolute atomic E-state index is 0.189. The minimum Gasteiger partial charge on any atom is -0.453 e. The maximum atomic E-state index is 12.8. The SMILES string of the molecule is COC(=O)NC(C(=O)NC(CO)c1ncc(-c2ccc(-c3ccc(-c4cnc[nH]4)cc3)cc2)[nH]1)C(C)C. The number of aromatic nitrogens is 4. The second-order valence-corrected chi connectivity index (χ2v) is 8.90. The van der Waals surface area contributed by atoms with E-state index in [1.165, 1.54) is 7.11 Å². The molecule has 37 heavy (non-hydrogen) atoms. The van der Waals surface area contributed by atoms with Crippen molar-refractivity contribution in [3.63, 3.8) is 0 Å². The predicted molar refractivity (Wildman–Crippen MR) is 139 cm³/mol. The molecular weight excluding hydrogens is 472 g/mol. The molecule has 5 N–H and O–H groups in total. The van der Waals surface area contributed by atoms with Crippen molar-refractivity contribution in [2.75, 3.05) is 13.7 Å². The Bertz CT molecular complexity index is 1310. The first kappa shape index (κ1) is 25.6. The number of hydrogen-bond donors (Lipinski definition) is 5. The van der Waals surface area contributed by atoms with Crippen molar-refractivity contribution in [2.45, 2.75) is 25.9 Å². The standard InChI is InChI=1S/C27H30N6O4/c1-16(2)24(33-27(36)37-3)26(35)32-23(14-34)25-29-13-22(31-25)20-10-6-18(7-11-20)17-4-8-19(9-5-17)21-12-28-15-30-21/h4-13,15-16,23-24,34H,14H2,1-3H3,(H,28,30)(H,29,31)(H,32,35)(H,33,36). The maximum absolute atomic E-state index is 12.8. The Kier molecular flexibility index (Phi) is 7.99. The number of benzene rings is 2. The van der Waals surface area contributed by atoms with Gasteiger partial charge in [0.15, 0.2) is 0 Å². The third-order valence-electron chi connectivity index (χ3n) is 6.06. The number of carbonyl (C=O) groups excluding carboxylic acids is 2. The molecule has 0 fully saturated rings. The predicted octanol–water partition coefficient (Wildman–Crippen LogP) is 3.66. The maximum Gasteiger partial charge on any atom is 0.407 e. The number of H-pyrrole nitrogens is 2. The highest BCUT2D eigenvalue weighted by molar-refractivity contribution is 5.86. The third-order valence-corrected chi connectivity index (χ3v) is 6.06. The number of alkyl carbamates (subject to hydrolysis) is 1. The monoisotopic (exact) mass is 502 g/mol. The molecule has 10 heteroatoms. The van der Waals surface area contributed by atoms with Crippen LogP contribution in [0.3, 0.4) is 0 Å². The van der Waals surface area contributed by atoms with E-state index in [4.69, 9.17) is 0 Å². The normalized spacial score (nSPS) is 12.7. The zero-order valence-electron chi connectivity index (χ0n) is 20.9. The van der Waals surface area contributed by atoms with Crippen LogP contribution >= 0.6 is 0 Å². The minimum atomic E-state index is -0.822. The number of imidazole rings is 2. The van der Waals surface area contributed by atoms with E-state index < -0.39 is 24.1 Å². The van der Waals surface area contributed by atoms with Gasteiger partial charge in [-0.25, -0.2) is 14.8 Å². The molecule has 0 aliphatic rings. The molecule has 2 heterocycles. The average molecular weight is 503 g/mol. The molecule has 0 spiro atoms. The number of methoxy groups -OCH3 is 1. The zero-order valence-corrected chi connectivity index (χ0v) is 20.9. The van der Waals surface area contributed by atoms with Gasteiger partial charge in [0.25, 0.3) is 0 Å². The lowest BCUT2D eigenvalue weighted by Gasteiger charge is -2.23. The molecule has 2 atom stereocenters. The summed E-state index contributed by atoms with van der Waals surface area (Å²) >= 11 is 0. The van der Waals surface area contributed by atoms with Crippen LogP contribution < -0.4 is 10.6 Å². The molecule has 2 aromatic carbocycles. The van der Waals surface area contributed by atoms with Gasteiger partial charge >= 0.3 is 6.09 Å². The first-order valence-corrected chi connectivity index (χ1v) is 11.9. The summed E-state index contributed by atoms with van der Waals surface area (Å²) in [6.45, 7) is 3.24. The van der Waals surface area contributed by atoms with Crippen LogP contribution in [0.15, 0.2) is 67.3 Å². The van der Waals surface area contributed by atoms with E-state index in [2.05, 4.69) is 47.4 Å². The molecule has 2 aromatic heterocycles.